The van der Waals surface area contributed by atoms with Crippen LogP contribution in [0.3, 0.4) is 0 Å². The number of hydrogen-bond donors (Lipinski definition) is 1. The molecular weight excluding hydrogens is 303 g/mol. The summed E-state index contributed by atoms with van der Waals surface area (Å²) in [5.74, 6) is 0.858. The molecule has 0 unspecified atom stereocenters. The number of halogens is 2. The summed E-state index contributed by atoms with van der Waals surface area (Å²) in [6, 6.07) is 13.6. The third-order valence-corrected chi connectivity index (χ3v) is 3.86. The third-order valence-electron chi connectivity index (χ3n) is 3.42. The number of nitrogens with one attached hydrogen (secondary N) is 1. The Kier molecular flexibility index (Phi) is 3.75. The average Bonchev–Trinajstić information content (AvgIpc) is 2.80. The summed E-state index contributed by atoms with van der Waals surface area (Å²) in [6.07, 6.45) is 0. The molecule has 0 amide bonds. The van der Waals surface area contributed by atoms with Gasteiger partial charge in [-0.2, -0.15) is 0 Å². The van der Waals surface area contributed by atoms with E-state index in [2.05, 4.69) is 24.0 Å². The van der Waals surface area contributed by atoms with Gasteiger partial charge in [-0.25, -0.2) is 4.98 Å². The molecule has 0 saturated heterocycles. The molecule has 0 spiro atoms. The molecule has 0 aliphatic rings. The van der Waals surface area contributed by atoms with Crippen molar-refractivity contribution in [2.45, 2.75) is 13.8 Å². The van der Waals surface area contributed by atoms with E-state index in [1.807, 2.05) is 31.2 Å². The Morgan fingerprint density at radius 3 is 2.29 bits per heavy atom. The highest BCUT2D eigenvalue weighted by Gasteiger charge is 2.12. The van der Waals surface area contributed by atoms with Crippen molar-refractivity contribution in [1.82, 2.24) is 9.97 Å². The number of benzene rings is 2. The van der Waals surface area contributed by atoms with Gasteiger partial charge in [0, 0.05) is 26.9 Å². The molecule has 1 N–H and O–H groups in total. The Morgan fingerprint density at radius 1 is 0.952 bits per heavy atom. The van der Waals surface area contributed by atoms with Gasteiger partial charge in [-0.3, -0.25) is 0 Å². The van der Waals surface area contributed by atoms with Gasteiger partial charge in [0.1, 0.15) is 5.82 Å². The second kappa shape index (κ2) is 5.55. The van der Waals surface area contributed by atoms with Crippen LogP contribution in [0.2, 0.25) is 10.0 Å². The summed E-state index contributed by atoms with van der Waals surface area (Å²) in [5.41, 5.74) is 5.06. The van der Waals surface area contributed by atoms with Crippen molar-refractivity contribution in [3.63, 3.8) is 0 Å². The number of aromatic amines is 1. The van der Waals surface area contributed by atoms with Crippen molar-refractivity contribution in [1.29, 1.82) is 0 Å². The first-order valence-electron chi connectivity index (χ1n) is 6.63. The SMILES string of the molecule is Cc1ccccc1-c1nc(-c2cc(Cl)cc(Cl)c2)c(C)[nH]1. The summed E-state index contributed by atoms with van der Waals surface area (Å²) in [7, 11) is 0. The number of hydrogen-bond acceptors (Lipinski definition) is 1. The fourth-order valence-electron chi connectivity index (χ4n) is 2.40. The van der Waals surface area contributed by atoms with Gasteiger partial charge >= 0.3 is 0 Å². The first-order chi connectivity index (χ1) is 10.0. The van der Waals surface area contributed by atoms with E-state index in [-0.39, 0.29) is 0 Å². The van der Waals surface area contributed by atoms with E-state index in [0.29, 0.717) is 10.0 Å². The molecule has 106 valence electrons. The maximum atomic E-state index is 6.08. The van der Waals surface area contributed by atoms with Crippen LogP contribution in [-0.4, -0.2) is 9.97 Å². The van der Waals surface area contributed by atoms with E-state index < -0.39 is 0 Å². The van der Waals surface area contributed by atoms with Gasteiger partial charge in [0.2, 0.25) is 0 Å². The van der Waals surface area contributed by atoms with Gasteiger partial charge in [-0.1, -0.05) is 47.5 Å². The normalized spacial score (nSPS) is 10.9. The van der Waals surface area contributed by atoms with Crippen molar-refractivity contribution in [3.8, 4) is 22.6 Å². The lowest BCUT2D eigenvalue weighted by atomic mass is 10.1. The van der Waals surface area contributed by atoms with Gasteiger partial charge < -0.3 is 4.98 Å². The topological polar surface area (TPSA) is 28.7 Å². The first kappa shape index (κ1) is 14.2. The molecule has 0 radical (unpaired) electrons. The fraction of sp³-hybridized carbons (Fsp3) is 0.118. The van der Waals surface area contributed by atoms with Crippen LogP contribution in [0.15, 0.2) is 42.5 Å². The van der Waals surface area contributed by atoms with E-state index in [1.165, 1.54) is 5.56 Å². The molecule has 1 heterocycles. The molecule has 0 aliphatic carbocycles. The third kappa shape index (κ3) is 2.82. The lowest BCUT2D eigenvalue weighted by Crippen LogP contribution is -1.85. The van der Waals surface area contributed by atoms with E-state index in [0.717, 1.165) is 28.3 Å². The maximum absolute atomic E-state index is 6.08. The molecule has 2 nitrogen and oxygen atoms in total. The van der Waals surface area contributed by atoms with E-state index in [9.17, 15) is 0 Å². The predicted octanol–water partition coefficient (Wildman–Crippen LogP) is 5.67. The highest BCUT2D eigenvalue weighted by atomic mass is 35.5. The van der Waals surface area contributed by atoms with Crippen LogP contribution < -0.4 is 0 Å². The number of aromatic nitrogens is 2. The molecule has 0 fully saturated rings. The molecule has 3 aromatic rings. The maximum Gasteiger partial charge on any atom is 0.138 e. The van der Waals surface area contributed by atoms with Crippen LogP contribution >= 0.6 is 23.2 Å². The van der Waals surface area contributed by atoms with Gasteiger partial charge in [0.25, 0.3) is 0 Å². The number of aryl methyl sites for hydroxylation is 2. The fourth-order valence-corrected chi connectivity index (χ4v) is 2.92. The highest BCUT2D eigenvalue weighted by Crippen LogP contribution is 2.30. The minimum absolute atomic E-state index is 0.609. The summed E-state index contributed by atoms with van der Waals surface area (Å²) in [6.45, 7) is 4.07. The van der Waals surface area contributed by atoms with Crippen molar-refractivity contribution >= 4 is 23.2 Å². The molecule has 2 aromatic carbocycles. The zero-order valence-electron chi connectivity index (χ0n) is 11.7. The lowest BCUT2D eigenvalue weighted by Gasteiger charge is -2.01. The van der Waals surface area contributed by atoms with Gasteiger partial charge in [0.15, 0.2) is 0 Å². The largest absolute Gasteiger partial charge is 0.342 e. The van der Waals surface area contributed by atoms with Crippen molar-refractivity contribution < 1.29 is 0 Å². The monoisotopic (exact) mass is 316 g/mol. The Hall–Kier alpha value is -1.77. The van der Waals surface area contributed by atoms with Crippen LogP contribution in [0.25, 0.3) is 22.6 Å². The number of imidazole rings is 1. The molecule has 4 heteroatoms. The molecule has 21 heavy (non-hydrogen) atoms. The van der Waals surface area contributed by atoms with E-state index in [4.69, 9.17) is 28.2 Å². The molecule has 0 saturated carbocycles. The minimum atomic E-state index is 0.609. The van der Waals surface area contributed by atoms with Crippen LogP contribution in [0.4, 0.5) is 0 Å². The van der Waals surface area contributed by atoms with E-state index >= 15 is 0 Å². The molecule has 1 aromatic heterocycles. The quantitative estimate of drug-likeness (QED) is 0.648. The van der Waals surface area contributed by atoms with Gasteiger partial charge in [-0.15, -0.1) is 0 Å². The number of rotatable bonds is 2. The lowest BCUT2D eigenvalue weighted by molar-refractivity contribution is 1.24. The average molecular weight is 317 g/mol. The molecule has 0 bridgehead atoms. The van der Waals surface area contributed by atoms with Crippen LogP contribution in [0.5, 0.6) is 0 Å². The summed E-state index contributed by atoms with van der Waals surface area (Å²) < 4.78 is 0. The summed E-state index contributed by atoms with van der Waals surface area (Å²) in [5, 5.41) is 1.22. The van der Waals surface area contributed by atoms with Crippen molar-refractivity contribution in [2.24, 2.45) is 0 Å². The van der Waals surface area contributed by atoms with Crippen LogP contribution in [0.1, 0.15) is 11.3 Å². The van der Waals surface area contributed by atoms with E-state index in [1.54, 1.807) is 6.07 Å². The summed E-state index contributed by atoms with van der Waals surface area (Å²) >= 11 is 12.2. The Balaban J connectivity index is 2.12. The Morgan fingerprint density at radius 2 is 1.62 bits per heavy atom. The molecule has 0 atom stereocenters. The first-order valence-corrected chi connectivity index (χ1v) is 7.39. The summed E-state index contributed by atoms with van der Waals surface area (Å²) in [4.78, 5) is 8.06. The zero-order valence-corrected chi connectivity index (χ0v) is 13.3. The van der Waals surface area contributed by atoms with Gasteiger partial charge in [0.05, 0.1) is 5.69 Å². The van der Waals surface area contributed by atoms with Gasteiger partial charge in [-0.05, 0) is 37.6 Å². The number of nitrogens with zero attached hydrogens (tertiary/aromatic N) is 1. The number of H-pyrrole nitrogens is 1. The highest BCUT2D eigenvalue weighted by molar-refractivity contribution is 6.35. The minimum Gasteiger partial charge on any atom is -0.342 e. The second-order valence-corrected chi connectivity index (χ2v) is 5.90. The zero-order chi connectivity index (χ0) is 15.0. The van der Waals surface area contributed by atoms with Crippen LogP contribution in [-0.2, 0) is 0 Å². The Bertz CT molecular complexity index is 786. The standard InChI is InChI=1S/C17H14Cl2N2/c1-10-5-3-4-6-15(10)17-20-11(2)16(21-17)12-7-13(18)9-14(19)8-12/h3-9H,1-2H3,(H,20,21). The Labute approximate surface area is 133 Å². The molecule has 3 rings (SSSR count). The molecule has 0 aliphatic heterocycles. The van der Waals surface area contributed by atoms with Crippen molar-refractivity contribution in [2.75, 3.05) is 0 Å². The smallest absolute Gasteiger partial charge is 0.138 e. The predicted molar refractivity (Wildman–Crippen MR) is 89.0 cm³/mol. The van der Waals surface area contributed by atoms with Crippen molar-refractivity contribution in [3.05, 3.63) is 63.8 Å². The second-order valence-electron chi connectivity index (χ2n) is 5.03. The molecular formula is C17H14Cl2N2. The van der Waals surface area contributed by atoms with Crippen LogP contribution in [0, 0.1) is 13.8 Å².